The lowest BCUT2D eigenvalue weighted by molar-refractivity contribution is 0.513. The molecule has 0 radical (unpaired) electrons. The first-order chi connectivity index (χ1) is 8.60. The molecule has 4 heteroatoms. The summed E-state index contributed by atoms with van der Waals surface area (Å²) in [6.07, 6.45) is 5.12. The molecule has 1 aliphatic heterocycles. The van der Waals surface area contributed by atoms with Gasteiger partial charge in [0.2, 0.25) is 0 Å². The first-order valence-electron chi connectivity index (χ1n) is 6.95. The number of hydrogen-bond acceptors (Lipinski definition) is 4. The lowest BCUT2D eigenvalue weighted by Gasteiger charge is -2.34. The van der Waals surface area contributed by atoms with Crippen molar-refractivity contribution in [1.29, 1.82) is 0 Å². The first-order valence-corrected chi connectivity index (χ1v) is 6.95. The molecule has 0 bridgehead atoms. The molecule has 18 heavy (non-hydrogen) atoms. The minimum Gasteiger partial charge on any atom is -0.370 e. The van der Waals surface area contributed by atoms with Gasteiger partial charge in [0.25, 0.3) is 0 Å². The van der Waals surface area contributed by atoms with E-state index in [1.54, 1.807) is 6.33 Å². The number of hydrogen-bond donors (Lipinski definition) is 1. The van der Waals surface area contributed by atoms with Gasteiger partial charge < -0.3 is 10.2 Å². The van der Waals surface area contributed by atoms with E-state index in [0.29, 0.717) is 0 Å². The van der Waals surface area contributed by atoms with Crippen molar-refractivity contribution in [2.45, 2.75) is 52.5 Å². The maximum absolute atomic E-state index is 4.54. The van der Waals surface area contributed by atoms with Gasteiger partial charge in [0.05, 0.1) is 0 Å². The van der Waals surface area contributed by atoms with Gasteiger partial charge in [-0.05, 0) is 40.0 Å². The SMILES string of the molecule is CCNc1ncnc(N2CCCC2(C)C)c1CC. The second kappa shape index (κ2) is 5.12. The van der Waals surface area contributed by atoms with E-state index in [9.17, 15) is 0 Å². The quantitative estimate of drug-likeness (QED) is 0.889. The Balaban J connectivity index is 2.41. The van der Waals surface area contributed by atoms with Crippen LogP contribution in [0.2, 0.25) is 0 Å². The van der Waals surface area contributed by atoms with Crippen molar-refractivity contribution in [3.8, 4) is 0 Å². The van der Waals surface area contributed by atoms with Gasteiger partial charge in [-0.1, -0.05) is 6.92 Å². The van der Waals surface area contributed by atoms with Gasteiger partial charge in [0.1, 0.15) is 18.0 Å². The molecule has 0 spiro atoms. The molecule has 1 aromatic rings. The van der Waals surface area contributed by atoms with E-state index in [-0.39, 0.29) is 5.54 Å². The average molecular weight is 248 g/mol. The predicted octanol–water partition coefficient (Wildman–Crippen LogP) is 2.85. The van der Waals surface area contributed by atoms with Crippen LogP contribution >= 0.6 is 0 Å². The molecule has 100 valence electrons. The largest absolute Gasteiger partial charge is 0.370 e. The molecule has 0 saturated carbocycles. The molecule has 0 aliphatic carbocycles. The van der Waals surface area contributed by atoms with Gasteiger partial charge in [-0.3, -0.25) is 0 Å². The topological polar surface area (TPSA) is 41.1 Å². The standard InChI is InChI=1S/C14H24N4/c1-5-11-12(15-6-2)16-10-17-13(11)18-9-7-8-14(18,3)4/h10H,5-9H2,1-4H3,(H,15,16,17). The molecule has 4 nitrogen and oxygen atoms in total. The fraction of sp³-hybridized carbons (Fsp3) is 0.714. The highest BCUT2D eigenvalue weighted by atomic mass is 15.3. The van der Waals surface area contributed by atoms with Crippen LogP contribution in [0.1, 0.15) is 46.1 Å². The molecule has 0 aromatic carbocycles. The van der Waals surface area contributed by atoms with Crippen LogP contribution in [0.5, 0.6) is 0 Å². The van der Waals surface area contributed by atoms with Crippen molar-refractivity contribution >= 4 is 11.6 Å². The second-order valence-corrected chi connectivity index (χ2v) is 5.48. The number of nitrogens with zero attached hydrogens (tertiary/aromatic N) is 3. The zero-order valence-electron chi connectivity index (χ0n) is 12.0. The third-order valence-corrected chi connectivity index (χ3v) is 3.78. The molecule has 2 rings (SSSR count). The number of rotatable bonds is 4. The summed E-state index contributed by atoms with van der Waals surface area (Å²) in [5.41, 5.74) is 1.45. The van der Waals surface area contributed by atoms with Crippen molar-refractivity contribution in [3.05, 3.63) is 11.9 Å². The molecule has 1 aliphatic rings. The molecule has 2 heterocycles. The molecule has 1 saturated heterocycles. The van der Waals surface area contributed by atoms with Crippen molar-refractivity contribution in [3.63, 3.8) is 0 Å². The normalized spacial score (nSPS) is 18.1. The van der Waals surface area contributed by atoms with E-state index >= 15 is 0 Å². The molecule has 0 amide bonds. The fourth-order valence-electron chi connectivity index (χ4n) is 2.78. The zero-order chi connectivity index (χ0) is 13.2. The molecule has 0 unspecified atom stereocenters. The van der Waals surface area contributed by atoms with E-state index in [2.05, 4.69) is 47.9 Å². The Labute approximate surface area is 110 Å². The Morgan fingerprint density at radius 2 is 2.11 bits per heavy atom. The molecular formula is C14H24N4. The molecular weight excluding hydrogens is 224 g/mol. The van der Waals surface area contributed by atoms with E-state index in [4.69, 9.17) is 0 Å². The molecule has 1 aromatic heterocycles. The summed E-state index contributed by atoms with van der Waals surface area (Å²) in [6, 6.07) is 0. The summed E-state index contributed by atoms with van der Waals surface area (Å²) >= 11 is 0. The maximum atomic E-state index is 4.54. The van der Waals surface area contributed by atoms with Gasteiger partial charge in [-0.2, -0.15) is 0 Å². The number of nitrogens with one attached hydrogen (secondary N) is 1. The van der Waals surface area contributed by atoms with E-state index < -0.39 is 0 Å². The Morgan fingerprint density at radius 3 is 2.67 bits per heavy atom. The summed E-state index contributed by atoms with van der Waals surface area (Å²) in [5.74, 6) is 2.11. The molecule has 1 N–H and O–H groups in total. The zero-order valence-corrected chi connectivity index (χ0v) is 12.0. The van der Waals surface area contributed by atoms with Crippen molar-refractivity contribution in [2.75, 3.05) is 23.3 Å². The Bertz CT molecular complexity index is 414. The van der Waals surface area contributed by atoms with Crippen LogP contribution in [0.25, 0.3) is 0 Å². The van der Waals surface area contributed by atoms with E-state index in [1.807, 2.05) is 0 Å². The number of anilines is 2. The fourth-order valence-corrected chi connectivity index (χ4v) is 2.78. The van der Waals surface area contributed by atoms with E-state index in [1.165, 1.54) is 18.4 Å². The predicted molar refractivity (Wildman–Crippen MR) is 76.2 cm³/mol. The smallest absolute Gasteiger partial charge is 0.137 e. The van der Waals surface area contributed by atoms with Crippen LogP contribution in [0, 0.1) is 0 Å². The average Bonchev–Trinajstić information content (AvgIpc) is 2.69. The highest BCUT2D eigenvalue weighted by Gasteiger charge is 2.34. The Kier molecular flexibility index (Phi) is 3.73. The summed E-state index contributed by atoms with van der Waals surface area (Å²) in [6.45, 7) is 10.9. The minimum absolute atomic E-state index is 0.210. The van der Waals surface area contributed by atoms with Gasteiger partial charge in [-0.15, -0.1) is 0 Å². The van der Waals surface area contributed by atoms with Crippen LogP contribution in [0.4, 0.5) is 11.6 Å². The van der Waals surface area contributed by atoms with Crippen LogP contribution < -0.4 is 10.2 Å². The first kappa shape index (κ1) is 13.1. The van der Waals surface area contributed by atoms with Gasteiger partial charge in [0.15, 0.2) is 0 Å². The molecule has 0 atom stereocenters. The highest BCUT2D eigenvalue weighted by molar-refractivity contribution is 5.60. The van der Waals surface area contributed by atoms with Crippen LogP contribution in [0.3, 0.4) is 0 Å². The monoisotopic (exact) mass is 248 g/mol. The second-order valence-electron chi connectivity index (χ2n) is 5.48. The van der Waals surface area contributed by atoms with Crippen molar-refractivity contribution < 1.29 is 0 Å². The van der Waals surface area contributed by atoms with Gasteiger partial charge in [-0.25, -0.2) is 9.97 Å². The third kappa shape index (κ3) is 2.28. The lowest BCUT2D eigenvalue weighted by atomic mass is 10.0. The third-order valence-electron chi connectivity index (χ3n) is 3.78. The van der Waals surface area contributed by atoms with Crippen LogP contribution in [-0.2, 0) is 6.42 Å². The van der Waals surface area contributed by atoms with Crippen molar-refractivity contribution in [1.82, 2.24) is 9.97 Å². The Morgan fingerprint density at radius 1 is 1.33 bits per heavy atom. The summed E-state index contributed by atoms with van der Waals surface area (Å²) in [5, 5.41) is 3.34. The lowest BCUT2D eigenvalue weighted by Crippen LogP contribution is -2.39. The van der Waals surface area contributed by atoms with E-state index in [0.717, 1.165) is 31.1 Å². The molecule has 1 fully saturated rings. The summed E-state index contributed by atoms with van der Waals surface area (Å²) < 4.78 is 0. The number of aromatic nitrogens is 2. The van der Waals surface area contributed by atoms with Crippen LogP contribution in [-0.4, -0.2) is 28.6 Å². The van der Waals surface area contributed by atoms with Crippen molar-refractivity contribution in [2.24, 2.45) is 0 Å². The van der Waals surface area contributed by atoms with Gasteiger partial charge in [0, 0.05) is 24.2 Å². The Hall–Kier alpha value is -1.32. The van der Waals surface area contributed by atoms with Crippen LogP contribution in [0.15, 0.2) is 6.33 Å². The maximum Gasteiger partial charge on any atom is 0.137 e. The summed E-state index contributed by atoms with van der Waals surface area (Å²) in [4.78, 5) is 11.4. The highest BCUT2D eigenvalue weighted by Crippen LogP contribution is 2.35. The minimum atomic E-state index is 0.210. The van der Waals surface area contributed by atoms with Gasteiger partial charge >= 0.3 is 0 Å². The summed E-state index contributed by atoms with van der Waals surface area (Å²) in [7, 11) is 0.